The second-order valence-corrected chi connectivity index (χ2v) is 3.19. The minimum atomic E-state index is -0.133. The van der Waals surface area contributed by atoms with Crippen molar-refractivity contribution in [2.75, 3.05) is 6.54 Å². The van der Waals surface area contributed by atoms with Gasteiger partial charge in [0.15, 0.2) is 0 Å². The van der Waals surface area contributed by atoms with Gasteiger partial charge in [-0.2, -0.15) is 0 Å². The van der Waals surface area contributed by atoms with Crippen LogP contribution < -0.4 is 10.6 Å². The van der Waals surface area contributed by atoms with E-state index in [9.17, 15) is 4.79 Å². The third-order valence-corrected chi connectivity index (χ3v) is 1.80. The predicted octanol–water partition coefficient (Wildman–Crippen LogP) is 1.53. The third kappa shape index (κ3) is 3.51. The monoisotopic (exact) mass is 196 g/mol. The van der Waals surface area contributed by atoms with E-state index in [0.717, 1.165) is 5.76 Å². The summed E-state index contributed by atoms with van der Waals surface area (Å²) in [7, 11) is 0. The van der Waals surface area contributed by atoms with Crippen LogP contribution in [0.2, 0.25) is 0 Å². The van der Waals surface area contributed by atoms with Crippen LogP contribution in [-0.4, -0.2) is 18.6 Å². The number of carbonyl (C=O) groups is 1. The van der Waals surface area contributed by atoms with Crippen LogP contribution in [0.4, 0.5) is 4.79 Å². The van der Waals surface area contributed by atoms with Gasteiger partial charge in [-0.3, -0.25) is 0 Å². The van der Waals surface area contributed by atoms with E-state index in [4.69, 9.17) is 4.42 Å². The van der Waals surface area contributed by atoms with Gasteiger partial charge in [0, 0.05) is 19.0 Å². The summed E-state index contributed by atoms with van der Waals surface area (Å²) in [6.07, 6.45) is 2.35. The van der Waals surface area contributed by atoms with Crippen LogP contribution in [0.25, 0.3) is 0 Å². The Morgan fingerprint density at radius 3 is 3.00 bits per heavy atom. The Morgan fingerprint density at radius 2 is 2.43 bits per heavy atom. The number of nitrogens with one attached hydrogen (secondary N) is 2. The molecule has 1 heterocycles. The number of carbonyl (C=O) groups excluding carboxylic acids is 1. The normalized spacial score (nSPS) is 12.1. The fraction of sp³-hybridized carbons (Fsp3) is 0.500. The molecule has 1 aromatic heterocycles. The molecule has 0 bridgehead atoms. The zero-order chi connectivity index (χ0) is 10.4. The van der Waals surface area contributed by atoms with Gasteiger partial charge in [0.05, 0.1) is 6.26 Å². The Morgan fingerprint density at radius 1 is 1.64 bits per heavy atom. The Balaban J connectivity index is 2.29. The number of rotatable bonds is 4. The van der Waals surface area contributed by atoms with Gasteiger partial charge in [-0.1, -0.05) is 0 Å². The third-order valence-electron chi connectivity index (χ3n) is 1.80. The van der Waals surface area contributed by atoms with Crippen LogP contribution in [0.5, 0.6) is 0 Å². The highest BCUT2D eigenvalue weighted by Crippen LogP contribution is 2.03. The number of hydrogen-bond donors (Lipinski definition) is 2. The molecule has 0 spiro atoms. The van der Waals surface area contributed by atoms with Crippen LogP contribution >= 0.6 is 0 Å². The molecule has 0 aliphatic carbocycles. The number of furan rings is 1. The van der Waals surface area contributed by atoms with Crippen LogP contribution in [-0.2, 0) is 6.42 Å². The van der Waals surface area contributed by atoms with Gasteiger partial charge in [0.2, 0.25) is 0 Å². The van der Waals surface area contributed by atoms with Gasteiger partial charge in [-0.25, -0.2) is 4.79 Å². The van der Waals surface area contributed by atoms with Crippen molar-refractivity contribution in [2.24, 2.45) is 0 Å². The van der Waals surface area contributed by atoms with Crippen LogP contribution in [0.1, 0.15) is 19.6 Å². The molecule has 2 amide bonds. The van der Waals surface area contributed by atoms with E-state index in [-0.39, 0.29) is 12.1 Å². The lowest BCUT2D eigenvalue weighted by atomic mass is 10.2. The molecule has 1 aromatic rings. The SMILES string of the molecule is CCNC(=O)NC(C)Cc1ccco1. The Bertz CT molecular complexity index is 270. The summed E-state index contributed by atoms with van der Waals surface area (Å²) in [5.74, 6) is 0.884. The minimum absolute atomic E-state index is 0.0766. The van der Waals surface area contributed by atoms with E-state index in [1.807, 2.05) is 26.0 Å². The molecule has 0 aromatic carbocycles. The smallest absolute Gasteiger partial charge is 0.314 e. The first-order valence-electron chi connectivity index (χ1n) is 4.79. The van der Waals surface area contributed by atoms with Gasteiger partial charge >= 0.3 is 6.03 Å². The lowest BCUT2D eigenvalue weighted by molar-refractivity contribution is 0.238. The topological polar surface area (TPSA) is 54.3 Å². The molecule has 78 valence electrons. The van der Waals surface area contributed by atoms with Gasteiger partial charge in [-0.15, -0.1) is 0 Å². The van der Waals surface area contributed by atoms with Crippen molar-refractivity contribution in [3.63, 3.8) is 0 Å². The highest BCUT2D eigenvalue weighted by atomic mass is 16.3. The van der Waals surface area contributed by atoms with Crippen molar-refractivity contribution in [2.45, 2.75) is 26.3 Å². The van der Waals surface area contributed by atoms with E-state index in [2.05, 4.69) is 10.6 Å². The molecular weight excluding hydrogens is 180 g/mol. The molecule has 1 rings (SSSR count). The number of hydrogen-bond acceptors (Lipinski definition) is 2. The molecule has 2 N–H and O–H groups in total. The lowest BCUT2D eigenvalue weighted by Crippen LogP contribution is -2.41. The molecule has 0 fully saturated rings. The van der Waals surface area contributed by atoms with Crippen LogP contribution in [0, 0.1) is 0 Å². The average Bonchev–Trinajstić information content (AvgIpc) is 2.56. The maximum atomic E-state index is 11.1. The van der Waals surface area contributed by atoms with E-state index in [0.29, 0.717) is 13.0 Å². The number of urea groups is 1. The summed E-state index contributed by atoms with van der Waals surface area (Å²) in [5.41, 5.74) is 0. The molecule has 0 saturated carbocycles. The molecular formula is C10H16N2O2. The van der Waals surface area contributed by atoms with Crippen LogP contribution in [0.3, 0.4) is 0 Å². The maximum Gasteiger partial charge on any atom is 0.314 e. The van der Waals surface area contributed by atoms with E-state index in [1.54, 1.807) is 6.26 Å². The first-order valence-corrected chi connectivity index (χ1v) is 4.79. The Labute approximate surface area is 83.7 Å². The summed E-state index contributed by atoms with van der Waals surface area (Å²) in [5, 5.41) is 5.48. The summed E-state index contributed by atoms with van der Waals surface area (Å²) in [4.78, 5) is 11.1. The molecule has 1 unspecified atom stereocenters. The van der Waals surface area contributed by atoms with E-state index in [1.165, 1.54) is 0 Å². The Kier molecular flexibility index (Phi) is 4.04. The van der Waals surface area contributed by atoms with Crippen molar-refractivity contribution in [1.29, 1.82) is 0 Å². The maximum absolute atomic E-state index is 11.1. The van der Waals surface area contributed by atoms with Gasteiger partial charge < -0.3 is 15.1 Å². The largest absolute Gasteiger partial charge is 0.469 e. The first-order chi connectivity index (χ1) is 6.72. The summed E-state index contributed by atoms with van der Waals surface area (Å²) in [6.45, 7) is 4.47. The van der Waals surface area contributed by atoms with Gasteiger partial charge in [0.25, 0.3) is 0 Å². The molecule has 0 aliphatic rings. The van der Waals surface area contributed by atoms with Gasteiger partial charge in [-0.05, 0) is 26.0 Å². The second kappa shape index (κ2) is 5.32. The molecule has 0 aliphatic heterocycles. The molecule has 4 nitrogen and oxygen atoms in total. The molecule has 4 heteroatoms. The first kappa shape index (κ1) is 10.6. The Hall–Kier alpha value is -1.45. The predicted molar refractivity (Wildman–Crippen MR) is 54.1 cm³/mol. The van der Waals surface area contributed by atoms with E-state index < -0.39 is 0 Å². The average molecular weight is 196 g/mol. The van der Waals surface area contributed by atoms with Crippen molar-refractivity contribution >= 4 is 6.03 Å². The van der Waals surface area contributed by atoms with Crippen LogP contribution in [0.15, 0.2) is 22.8 Å². The molecule has 0 radical (unpaired) electrons. The fourth-order valence-electron chi connectivity index (χ4n) is 1.22. The lowest BCUT2D eigenvalue weighted by Gasteiger charge is -2.12. The van der Waals surface area contributed by atoms with Crippen molar-refractivity contribution < 1.29 is 9.21 Å². The van der Waals surface area contributed by atoms with Crippen molar-refractivity contribution in [3.8, 4) is 0 Å². The molecule has 1 atom stereocenters. The van der Waals surface area contributed by atoms with E-state index >= 15 is 0 Å². The summed E-state index contributed by atoms with van der Waals surface area (Å²) < 4.78 is 5.17. The van der Waals surface area contributed by atoms with Crippen molar-refractivity contribution in [1.82, 2.24) is 10.6 Å². The quantitative estimate of drug-likeness (QED) is 0.767. The molecule has 0 saturated heterocycles. The van der Waals surface area contributed by atoms with Crippen molar-refractivity contribution in [3.05, 3.63) is 24.2 Å². The second-order valence-electron chi connectivity index (χ2n) is 3.19. The summed E-state index contributed by atoms with van der Waals surface area (Å²) in [6, 6.07) is 3.68. The molecule has 14 heavy (non-hydrogen) atoms. The standard InChI is InChI=1S/C10H16N2O2/c1-3-11-10(13)12-8(2)7-9-5-4-6-14-9/h4-6,8H,3,7H2,1-2H3,(H2,11,12,13). The highest BCUT2D eigenvalue weighted by molar-refractivity contribution is 5.74. The number of amides is 2. The minimum Gasteiger partial charge on any atom is -0.469 e. The van der Waals surface area contributed by atoms with Gasteiger partial charge in [0.1, 0.15) is 5.76 Å². The fourth-order valence-corrected chi connectivity index (χ4v) is 1.22. The highest BCUT2D eigenvalue weighted by Gasteiger charge is 2.07. The zero-order valence-electron chi connectivity index (χ0n) is 8.54. The zero-order valence-corrected chi connectivity index (χ0v) is 8.54. The summed E-state index contributed by atoms with van der Waals surface area (Å²) >= 11 is 0.